The number of nitro groups is 1. The van der Waals surface area contributed by atoms with E-state index >= 15 is 0 Å². The normalized spacial score (nSPS) is 17.9. The number of carbonyl (C=O) groups is 1. The fraction of sp³-hybridized carbons (Fsp3) is 0.435. The van der Waals surface area contributed by atoms with E-state index in [1.54, 1.807) is 24.1 Å². The Bertz CT molecular complexity index is 1030. The van der Waals surface area contributed by atoms with Crippen LogP contribution >= 0.6 is 11.6 Å². The van der Waals surface area contributed by atoms with Crippen molar-refractivity contribution in [3.8, 4) is 0 Å². The van der Waals surface area contributed by atoms with Crippen molar-refractivity contribution in [3.05, 3.63) is 57.6 Å². The van der Waals surface area contributed by atoms with Crippen LogP contribution < -0.4 is 4.90 Å². The fourth-order valence-electron chi connectivity index (χ4n) is 3.86. The lowest BCUT2D eigenvalue weighted by Crippen LogP contribution is -2.38. The Morgan fingerprint density at radius 3 is 2.68 bits per heavy atom. The number of nitro benzene ring substituents is 1. The van der Waals surface area contributed by atoms with Gasteiger partial charge in [-0.25, -0.2) is 0 Å². The summed E-state index contributed by atoms with van der Waals surface area (Å²) >= 11 is 6.04. The van der Waals surface area contributed by atoms with E-state index < -0.39 is 11.0 Å². The van der Waals surface area contributed by atoms with Crippen molar-refractivity contribution in [2.75, 3.05) is 38.8 Å². The summed E-state index contributed by atoms with van der Waals surface area (Å²) in [4.78, 5) is 26.6. The number of methoxy groups -OCH3 is 1. The number of likely N-dealkylation sites (tertiary alicyclic amines) is 1. The Kier molecular flexibility index (Phi) is 8.91. The lowest BCUT2D eigenvalue weighted by atomic mass is 10.2. The molecule has 182 valence electrons. The molecule has 2 aromatic rings. The zero-order chi connectivity index (χ0) is 24.7. The van der Waals surface area contributed by atoms with E-state index in [9.17, 15) is 20.0 Å². The van der Waals surface area contributed by atoms with Crippen molar-refractivity contribution in [3.63, 3.8) is 0 Å². The number of hydrogen-bond acceptors (Lipinski definition) is 8. The van der Waals surface area contributed by atoms with E-state index in [-0.39, 0.29) is 22.7 Å². The predicted molar refractivity (Wildman–Crippen MR) is 129 cm³/mol. The summed E-state index contributed by atoms with van der Waals surface area (Å²) in [5.74, 6) is 0.0349. The first-order chi connectivity index (χ1) is 16.3. The van der Waals surface area contributed by atoms with Crippen LogP contribution in [0.15, 0.2) is 52.7 Å². The number of rotatable bonds is 10. The van der Waals surface area contributed by atoms with Crippen LogP contribution in [0.4, 0.5) is 22.7 Å². The number of halogens is 1. The Morgan fingerprint density at radius 2 is 2.03 bits per heavy atom. The van der Waals surface area contributed by atoms with Crippen LogP contribution in [-0.2, 0) is 9.53 Å². The van der Waals surface area contributed by atoms with E-state index in [2.05, 4.69) is 10.2 Å². The molecule has 1 aliphatic heterocycles. The minimum Gasteiger partial charge on any atom is -0.391 e. The first kappa shape index (κ1) is 25.5. The number of benzene rings is 2. The second-order valence-corrected chi connectivity index (χ2v) is 8.59. The minimum atomic E-state index is -0.521. The SMILES string of the molecule is COCC1CC(O)CN1C(=O)CCCN(C)c1ccc(N=Nc2ccc([N+](=O)[O-])cc2Cl)cc1. The number of aliphatic hydroxyl groups excluding tert-OH is 1. The second kappa shape index (κ2) is 11.9. The molecular weight excluding hydrogens is 462 g/mol. The average Bonchev–Trinajstić information content (AvgIpc) is 3.18. The summed E-state index contributed by atoms with van der Waals surface area (Å²) in [7, 11) is 3.55. The van der Waals surface area contributed by atoms with E-state index in [0.717, 1.165) is 5.69 Å². The number of non-ortho nitro benzene ring substituents is 1. The molecule has 34 heavy (non-hydrogen) atoms. The van der Waals surface area contributed by atoms with Gasteiger partial charge in [0.2, 0.25) is 5.91 Å². The molecule has 0 bridgehead atoms. The lowest BCUT2D eigenvalue weighted by molar-refractivity contribution is -0.384. The van der Waals surface area contributed by atoms with Gasteiger partial charge in [0, 0.05) is 51.5 Å². The highest BCUT2D eigenvalue weighted by atomic mass is 35.5. The van der Waals surface area contributed by atoms with Gasteiger partial charge >= 0.3 is 0 Å². The van der Waals surface area contributed by atoms with Crippen molar-refractivity contribution in [1.29, 1.82) is 0 Å². The molecule has 0 saturated carbocycles. The maximum atomic E-state index is 12.6. The van der Waals surface area contributed by atoms with Gasteiger partial charge in [-0.05, 0) is 43.2 Å². The fourth-order valence-corrected chi connectivity index (χ4v) is 4.08. The number of azo groups is 1. The first-order valence-electron chi connectivity index (χ1n) is 10.9. The number of anilines is 1. The monoisotopic (exact) mass is 489 g/mol. The number of β-amino-alcohol motifs (C(OH)–C–C–N with tert-alkyl or cyclic N) is 1. The number of aliphatic hydroxyl groups is 1. The van der Waals surface area contributed by atoms with Crippen molar-refractivity contribution in [2.45, 2.75) is 31.4 Å². The van der Waals surface area contributed by atoms with Gasteiger partial charge in [0.15, 0.2) is 0 Å². The van der Waals surface area contributed by atoms with Crippen LogP contribution in [0.3, 0.4) is 0 Å². The molecule has 0 spiro atoms. The molecule has 3 rings (SSSR count). The molecule has 11 heteroatoms. The van der Waals surface area contributed by atoms with Crippen molar-refractivity contribution in [2.24, 2.45) is 10.2 Å². The number of nitrogens with zero attached hydrogens (tertiary/aromatic N) is 5. The highest BCUT2D eigenvalue weighted by Gasteiger charge is 2.33. The first-order valence-corrected chi connectivity index (χ1v) is 11.3. The third-order valence-electron chi connectivity index (χ3n) is 5.66. The van der Waals surface area contributed by atoms with Crippen molar-refractivity contribution < 1.29 is 19.6 Å². The van der Waals surface area contributed by atoms with Crippen LogP contribution in [0.2, 0.25) is 5.02 Å². The quantitative estimate of drug-likeness (QED) is 0.298. The van der Waals surface area contributed by atoms with Crippen LogP contribution in [0.1, 0.15) is 19.3 Å². The molecular formula is C23H28ClN5O5. The van der Waals surface area contributed by atoms with E-state index in [4.69, 9.17) is 16.3 Å². The molecule has 2 aromatic carbocycles. The van der Waals surface area contributed by atoms with Gasteiger partial charge in [-0.3, -0.25) is 14.9 Å². The van der Waals surface area contributed by atoms with Gasteiger partial charge in [-0.15, -0.1) is 5.11 Å². The average molecular weight is 490 g/mol. The maximum absolute atomic E-state index is 12.6. The van der Waals surface area contributed by atoms with Gasteiger partial charge < -0.3 is 19.6 Å². The summed E-state index contributed by atoms with van der Waals surface area (Å²) in [6.07, 6.45) is 1.15. The topological polar surface area (TPSA) is 121 Å². The number of ether oxygens (including phenoxy) is 1. The van der Waals surface area contributed by atoms with E-state index in [1.807, 2.05) is 24.1 Å². The molecule has 0 radical (unpaired) electrons. The highest BCUT2D eigenvalue weighted by Crippen LogP contribution is 2.30. The molecule has 1 N–H and O–H groups in total. The van der Waals surface area contributed by atoms with Crippen molar-refractivity contribution in [1.82, 2.24) is 4.90 Å². The zero-order valence-corrected chi connectivity index (χ0v) is 19.9. The molecule has 10 nitrogen and oxygen atoms in total. The van der Waals surface area contributed by atoms with E-state index in [0.29, 0.717) is 50.3 Å². The lowest BCUT2D eigenvalue weighted by Gasteiger charge is -2.24. The standard InChI is InChI=1S/C23H28ClN5O5/c1-27(11-3-4-23(31)28-14-20(30)12-19(28)15-34-2)17-7-5-16(6-8-17)25-26-22-10-9-18(29(32)33)13-21(22)24/h5-10,13,19-20,30H,3-4,11-12,14-15H2,1-2H3. The van der Waals surface area contributed by atoms with E-state index in [1.165, 1.54) is 18.2 Å². The molecule has 0 aliphatic carbocycles. The predicted octanol–water partition coefficient (Wildman–Crippen LogP) is 4.49. The number of hydrogen-bond donors (Lipinski definition) is 1. The van der Waals surface area contributed by atoms with Crippen LogP contribution in [0.5, 0.6) is 0 Å². The van der Waals surface area contributed by atoms with Gasteiger partial charge in [-0.2, -0.15) is 5.11 Å². The molecule has 2 unspecified atom stereocenters. The molecule has 1 heterocycles. The Morgan fingerprint density at radius 1 is 1.29 bits per heavy atom. The van der Waals surface area contributed by atoms with Crippen molar-refractivity contribution >= 4 is 40.3 Å². The van der Waals surface area contributed by atoms with Crippen LogP contribution in [0.25, 0.3) is 0 Å². The Hall–Kier alpha value is -3.08. The smallest absolute Gasteiger partial charge is 0.271 e. The van der Waals surface area contributed by atoms with Gasteiger partial charge in [0.05, 0.1) is 34.4 Å². The minimum absolute atomic E-state index is 0.0349. The number of amides is 1. The summed E-state index contributed by atoms with van der Waals surface area (Å²) in [6.45, 7) is 1.49. The second-order valence-electron chi connectivity index (χ2n) is 8.18. The molecule has 1 aliphatic rings. The maximum Gasteiger partial charge on any atom is 0.271 e. The number of carbonyl (C=O) groups excluding carboxylic acids is 1. The van der Waals surface area contributed by atoms with Crippen LogP contribution in [0, 0.1) is 10.1 Å². The third kappa shape index (κ3) is 6.72. The Labute approximate surface area is 202 Å². The summed E-state index contributed by atoms with van der Waals surface area (Å²) in [6, 6.07) is 11.4. The summed E-state index contributed by atoms with van der Waals surface area (Å²) in [5.41, 5.74) is 1.81. The van der Waals surface area contributed by atoms with Gasteiger partial charge in [-0.1, -0.05) is 11.6 Å². The van der Waals surface area contributed by atoms with Gasteiger partial charge in [0.1, 0.15) is 5.69 Å². The molecule has 1 fully saturated rings. The third-order valence-corrected chi connectivity index (χ3v) is 5.96. The summed E-state index contributed by atoms with van der Waals surface area (Å²) < 4.78 is 5.17. The molecule has 1 amide bonds. The highest BCUT2D eigenvalue weighted by molar-refractivity contribution is 6.33. The van der Waals surface area contributed by atoms with Crippen LogP contribution in [-0.4, -0.2) is 66.8 Å². The summed E-state index contributed by atoms with van der Waals surface area (Å²) in [5, 5.41) is 29.0. The molecule has 0 aromatic heterocycles. The Balaban J connectivity index is 1.50. The largest absolute Gasteiger partial charge is 0.391 e. The zero-order valence-electron chi connectivity index (χ0n) is 19.1. The van der Waals surface area contributed by atoms with Gasteiger partial charge in [0.25, 0.3) is 5.69 Å². The molecule has 2 atom stereocenters. The molecule has 1 saturated heterocycles.